The van der Waals surface area contributed by atoms with Crippen molar-refractivity contribution in [3.8, 4) is 0 Å². The SMILES string of the molecule is O=C(CSc1ccc(NC(=O)/C(=C/c2ccco2)NC(=O)c2ccccc2)cc1)Nc1ccncc1. The summed E-state index contributed by atoms with van der Waals surface area (Å²) in [4.78, 5) is 42.5. The Hall–Kier alpha value is -4.63. The molecule has 0 saturated heterocycles. The normalized spacial score (nSPS) is 10.9. The van der Waals surface area contributed by atoms with Gasteiger partial charge in [0.25, 0.3) is 11.8 Å². The van der Waals surface area contributed by atoms with E-state index in [-0.39, 0.29) is 17.4 Å². The van der Waals surface area contributed by atoms with E-state index in [1.807, 2.05) is 0 Å². The first-order chi connectivity index (χ1) is 17.6. The van der Waals surface area contributed by atoms with Gasteiger partial charge in [0, 0.05) is 40.3 Å². The number of carbonyl (C=O) groups is 3. The number of amides is 3. The lowest BCUT2D eigenvalue weighted by molar-refractivity contribution is -0.114. The number of nitrogens with one attached hydrogen (secondary N) is 3. The van der Waals surface area contributed by atoms with E-state index < -0.39 is 11.8 Å². The van der Waals surface area contributed by atoms with Crippen molar-refractivity contribution in [2.24, 2.45) is 0 Å². The van der Waals surface area contributed by atoms with Crippen LogP contribution in [0.4, 0.5) is 11.4 Å². The quantitative estimate of drug-likeness (QED) is 0.225. The van der Waals surface area contributed by atoms with Gasteiger partial charge in [0.2, 0.25) is 5.91 Å². The van der Waals surface area contributed by atoms with E-state index in [4.69, 9.17) is 4.42 Å². The van der Waals surface area contributed by atoms with Crippen LogP contribution in [0.5, 0.6) is 0 Å². The average molecular weight is 499 g/mol. The fraction of sp³-hybridized carbons (Fsp3) is 0.0370. The third kappa shape index (κ3) is 7.18. The maximum Gasteiger partial charge on any atom is 0.272 e. The van der Waals surface area contributed by atoms with E-state index in [1.54, 1.807) is 91.3 Å². The van der Waals surface area contributed by atoms with Crippen LogP contribution < -0.4 is 16.0 Å². The van der Waals surface area contributed by atoms with Crippen LogP contribution in [0, 0.1) is 0 Å². The predicted molar refractivity (Wildman–Crippen MR) is 139 cm³/mol. The van der Waals surface area contributed by atoms with Gasteiger partial charge in [0.1, 0.15) is 11.5 Å². The van der Waals surface area contributed by atoms with Crippen LogP contribution in [0.2, 0.25) is 0 Å². The molecular formula is C27H22N4O4S. The molecule has 2 heterocycles. The molecular weight excluding hydrogens is 476 g/mol. The summed E-state index contributed by atoms with van der Waals surface area (Å²) >= 11 is 1.37. The molecule has 0 aliphatic heterocycles. The lowest BCUT2D eigenvalue weighted by Crippen LogP contribution is -2.30. The highest BCUT2D eigenvalue weighted by molar-refractivity contribution is 8.00. The number of hydrogen-bond donors (Lipinski definition) is 3. The number of hydrogen-bond acceptors (Lipinski definition) is 6. The first kappa shape index (κ1) is 24.5. The predicted octanol–water partition coefficient (Wildman–Crippen LogP) is 4.82. The highest BCUT2D eigenvalue weighted by Crippen LogP contribution is 2.21. The summed E-state index contributed by atoms with van der Waals surface area (Å²) < 4.78 is 5.30. The number of nitrogens with zero attached hydrogens (tertiary/aromatic N) is 1. The molecule has 0 saturated carbocycles. The van der Waals surface area contributed by atoms with Crippen molar-refractivity contribution < 1.29 is 18.8 Å². The minimum atomic E-state index is -0.507. The Morgan fingerprint density at radius 2 is 1.56 bits per heavy atom. The molecule has 3 N–H and O–H groups in total. The lowest BCUT2D eigenvalue weighted by Gasteiger charge is -2.11. The average Bonchev–Trinajstić information content (AvgIpc) is 3.42. The smallest absolute Gasteiger partial charge is 0.272 e. The number of furan rings is 1. The molecule has 2 aromatic carbocycles. The summed E-state index contributed by atoms with van der Waals surface area (Å²) in [5.74, 6) is -0.404. The van der Waals surface area contributed by atoms with Gasteiger partial charge >= 0.3 is 0 Å². The molecule has 0 aliphatic carbocycles. The number of pyridine rings is 1. The number of carbonyl (C=O) groups excluding carboxylic acids is 3. The van der Waals surface area contributed by atoms with Gasteiger partial charge in [-0.15, -0.1) is 11.8 Å². The summed E-state index contributed by atoms with van der Waals surface area (Å²) in [7, 11) is 0. The minimum absolute atomic E-state index is 0.0324. The van der Waals surface area contributed by atoms with Crippen LogP contribution >= 0.6 is 11.8 Å². The maximum absolute atomic E-state index is 13.0. The van der Waals surface area contributed by atoms with Crippen molar-refractivity contribution in [1.82, 2.24) is 10.3 Å². The second-order valence-corrected chi connectivity index (χ2v) is 8.49. The number of anilines is 2. The van der Waals surface area contributed by atoms with Gasteiger partial charge in [-0.2, -0.15) is 0 Å². The summed E-state index contributed by atoms with van der Waals surface area (Å²) in [6.07, 6.45) is 6.16. The first-order valence-corrected chi connectivity index (χ1v) is 11.9. The number of aromatic nitrogens is 1. The molecule has 4 aromatic rings. The highest BCUT2D eigenvalue weighted by atomic mass is 32.2. The second kappa shape index (κ2) is 12.2. The van der Waals surface area contributed by atoms with Crippen LogP contribution in [0.1, 0.15) is 16.1 Å². The van der Waals surface area contributed by atoms with E-state index in [9.17, 15) is 14.4 Å². The van der Waals surface area contributed by atoms with E-state index in [2.05, 4.69) is 20.9 Å². The lowest BCUT2D eigenvalue weighted by atomic mass is 10.2. The topological polar surface area (TPSA) is 113 Å². The van der Waals surface area contributed by atoms with Crippen LogP contribution in [-0.4, -0.2) is 28.5 Å². The Bertz CT molecular complexity index is 1340. The zero-order valence-corrected chi connectivity index (χ0v) is 19.8. The summed E-state index contributed by atoms with van der Waals surface area (Å²) in [6, 6.07) is 22.5. The van der Waals surface area contributed by atoms with Crippen molar-refractivity contribution in [3.05, 3.63) is 115 Å². The molecule has 0 bridgehead atoms. The van der Waals surface area contributed by atoms with Crippen molar-refractivity contribution in [1.29, 1.82) is 0 Å². The fourth-order valence-corrected chi connectivity index (χ4v) is 3.77. The summed E-state index contributed by atoms with van der Waals surface area (Å²) in [6.45, 7) is 0. The number of rotatable bonds is 9. The van der Waals surface area contributed by atoms with Crippen LogP contribution in [0.3, 0.4) is 0 Å². The molecule has 0 fully saturated rings. The van der Waals surface area contributed by atoms with Crippen LogP contribution in [0.25, 0.3) is 6.08 Å². The Morgan fingerprint density at radius 3 is 2.25 bits per heavy atom. The zero-order valence-electron chi connectivity index (χ0n) is 19.0. The van der Waals surface area contributed by atoms with E-state index >= 15 is 0 Å². The second-order valence-electron chi connectivity index (χ2n) is 7.44. The third-order valence-electron chi connectivity index (χ3n) is 4.80. The summed E-state index contributed by atoms with van der Waals surface area (Å²) in [5.41, 5.74) is 1.67. The van der Waals surface area contributed by atoms with Gasteiger partial charge in [-0.25, -0.2) is 0 Å². The zero-order chi connectivity index (χ0) is 25.2. The number of benzene rings is 2. The van der Waals surface area contributed by atoms with Gasteiger partial charge < -0.3 is 20.4 Å². The highest BCUT2D eigenvalue weighted by Gasteiger charge is 2.16. The fourth-order valence-electron chi connectivity index (χ4n) is 3.07. The first-order valence-electron chi connectivity index (χ1n) is 10.9. The minimum Gasteiger partial charge on any atom is -0.465 e. The molecule has 4 rings (SSSR count). The molecule has 0 unspecified atom stereocenters. The molecule has 0 aliphatic rings. The van der Waals surface area contributed by atoms with Crippen LogP contribution in [0.15, 0.2) is 113 Å². The van der Waals surface area contributed by atoms with E-state index in [0.29, 0.717) is 22.7 Å². The van der Waals surface area contributed by atoms with Crippen molar-refractivity contribution in [2.75, 3.05) is 16.4 Å². The van der Waals surface area contributed by atoms with Gasteiger partial charge in [-0.1, -0.05) is 18.2 Å². The van der Waals surface area contributed by atoms with Crippen molar-refractivity contribution in [2.45, 2.75) is 4.90 Å². The Kier molecular flexibility index (Phi) is 8.29. The van der Waals surface area contributed by atoms with Crippen molar-refractivity contribution >= 4 is 46.9 Å². The van der Waals surface area contributed by atoms with E-state index in [1.165, 1.54) is 24.1 Å². The van der Waals surface area contributed by atoms with Gasteiger partial charge in [-0.05, 0) is 60.7 Å². The standard InChI is InChI=1S/C27H22N4O4S/c32-25(29-21-12-14-28-15-13-21)18-36-23-10-8-20(9-11-23)30-27(34)24(17-22-7-4-16-35-22)31-26(33)19-5-2-1-3-6-19/h1-17H,18H2,(H,30,34)(H,31,33)(H,28,29,32)/b24-17-. The molecule has 0 spiro atoms. The molecule has 9 heteroatoms. The largest absolute Gasteiger partial charge is 0.465 e. The number of thioether (sulfide) groups is 1. The van der Waals surface area contributed by atoms with Gasteiger partial charge in [0.05, 0.1) is 12.0 Å². The Balaban J connectivity index is 1.37. The summed E-state index contributed by atoms with van der Waals surface area (Å²) in [5, 5.41) is 8.23. The Labute approximate surface area is 211 Å². The van der Waals surface area contributed by atoms with E-state index in [0.717, 1.165) is 4.90 Å². The Morgan fingerprint density at radius 1 is 0.833 bits per heavy atom. The third-order valence-corrected chi connectivity index (χ3v) is 5.82. The molecule has 8 nitrogen and oxygen atoms in total. The molecule has 3 amide bonds. The van der Waals surface area contributed by atoms with Crippen molar-refractivity contribution in [3.63, 3.8) is 0 Å². The molecule has 0 atom stereocenters. The molecule has 2 aromatic heterocycles. The van der Waals surface area contributed by atoms with Crippen LogP contribution in [-0.2, 0) is 9.59 Å². The molecule has 36 heavy (non-hydrogen) atoms. The molecule has 0 radical (unpaired) electrons. The van der Waals surface area contributed by atoms with Gasteiger partial charge in [0.15, 0.2) is 0 Å². The maximum atomic E-state index is 13.0. The monoisotopic (exact) mass is 498 g/mol. The molecule has 180 valence electrons. The van der Waals surface area contributed by atoms with Gasteiger partial charge in [-0.3, -0.25) is 19.4 Å².